The van der Waals surface area contributed by atoms with Crippen LogP contribution in [-0.2, 0) is 77.8 Å². The number of benzene rings is 3. The van der Waals surface area contributed by atoms with Gasteiger partial charge in [-0.2, -0.15) is 9.13 Å². The molecule has 0 aliphatic heterocycles. The standard InChI is InChI=1S/C27H33ClN3O6.C24H26ClN3O6.C15H17Cl2NO3.C13H18N2O3.C6H4ClNO.4CH4.2ClH.HI/c1-26(2,3)24(35)31(17-32)23(34)19-10-9-15-30(16-19)18-37-25(36)29(4)27(14-8-7-13-22(27)33)20-11-5-6-12-21(20)28;1-26(15-21(30)31)22(32)17-8-7-13-28(14-17)16-34-23(33)27(2)24(12-6-5-11-20(24)29)18-9-3-4-10-19(18)25;1-18(14(20)21-10-16)15(9-5-4-8-13(15)19)11-6-2-3-7-12(11)17;1-13(2,3)18-11(16)9-15(4)12(17)10-6-5-7-14-8-10;7-6(9)5-2-1-3-8-4-5;;;;;;;/h5-6,9-12,15-16,32H,7-8,13-14,17-18H2,1-4H3;3-4,7-10,13-14H,5-6,11-12,15-16H2,1-2H3;2-3,6-7H,4-5,8-10H2,1H3;5-8H,9H2,1-4H3;1-4H;4*1H4;3*1H/q+1;;;;;;;;;;;/p-1. The number of carbonyl (C=O) groups excluding carboxylic acids is 12. The number of aromatic nitrogens is 4. The van der Waals surface area contributed by atoms with Crippen molar-refractivity contribution in [3.8, 4) is 0 Å². The first-order valence-electron chi connectivity index (χ1n) is 37.8. The van der Waals surface area contributed by atoms with Crippen molar-refractivity contribution in [1.82, 2.24) is 39.4 Å². The second kappa shape index (κ2) is 55.3. The summed E-state index contributed by atoms with van der Waals surface area (Å²) in [5.74, 6) is -3.69. The molecule has 10 rings (SSSR count). The van der Waals surface area contributed by atoms with Gasteiger partial charge in [0.2, 0.25) is 5.91 Å². The van der Waals surface area contributed by atoms with Gasteiger partial charge in [0.05, 0.1) is 11.1 Å². The molecule has 3 aliphatic rings. The molecule has 7 amide bonds. The first-order chi connectivity index (χ1) is 56.2. The van der Waals surface area contributed by atoms with Crippen LogP contribution in [0.1, 0.15) is 206 Å². The van der Waals surface area contributed by atoms with Gasteiger partial charge in [0.1, 0.15) is 53.2 Å². The van der Waals surface area contributed by atoms with Crippen LogP contribution >= 0.6 is 70.4 Å². The van der Waals surface area contributed by atoms with Crippen LogP contribution in [0.25, 0.3) is 0 Å². The first kappa shape index (κ1) is 119. The number of ketones is 3. The number of carboxylic acid groups (broad SMARTS) is 1. The number of pyridine rings is 4. The van der Waals surface area contributed by atoms with E-state index in [1.54, 1.807) is 184 Å². The number of ether oxygens (including phenoxy) is 4. The van der Waals surface area contributed by atoms with Crippen LogP contribution in [0.15, 0.2) is 171 Å². The molecule has 3 aromatic carbocycles. The third-order valence-corrected chi connectivity index (χ3v) is 20.8. The van der Waals surface area contributed by atoms with Gasteiger partial charge in [0, 0.05) is 129 Å². The molecule has 29 nitrogen and oxygen atoms in total. The molecule has 0 bridgehead atoms. The molecule has 3 aliphatic carbocycles. The number of halogens is 8. The Balaban J connectivity index is 0. The fourth-order valence-corrected chi connectivity index (χ4v) is 14.6. The molecule has 0 saturated heterocycles. The van der Waals surface area contributed by atoms with E-state index in [0.717, 1.165) is 48.3 Å². The van der Waals surface area contributed by atoms with E-state index >= 15 is 0 Å². The number of esters is 1. The highest BCUT2D eigenvalue weighted by atomic mass is 127. The molecule has 0 radical (unpaired) electrons. The van der Waals surface area contributed by atoms with E-state index in [9.17, 15) is 67.4 Å². The molecule has 37 heteroatoms. The van der Waals surface area contributed by atoms with Crippen LogP contribution in [0.4, 0.5) is 14.4 Å². The average molecular weight is 2010 g/mol. The predicted molar refractivity (Wildman–Crippen MR) is 474 cm³/mol. The number of carboxylic acids is 1. The minimum absolute atomic E-state index is 0. The minimum atomic E-state index is -1.23. The van der Waals surface area contributed by atoms with E-state index < -0.39 is 94.1 Å². The van der Waals surface area contributed by atoms with E-state index in [1.807, 2.05) is 6.07 Å². The number of hydrogen-bond donors (Lipinski definition) is 2. The molecule has 0 spiro atoms. The number of nitrogens with zero attached hydrogens (tertiary/aromatic N) is 10. The molecule has 3 unspecified atom stereocenters. The highest BCUT2D eigenvalue weighted by Crippen LogP contribution is 2.46. The lowest BCUT2D eigenvalue weighted by molar-refractivity contribution is -0.727. The second-order valence-corrected chi connectivity index (χ2v) is 31.7. The molecule has 4 heterocycles. The summed E-state index contributed by atoms with van der Waals surface area (Å²) in [6.45, 7) is 8.58. The molecule has 7 aromatic rings. The van der Waals surface area contributed by atoms with Crippen molar-refractivity contribution >= 4 is 147 Å². The summed E-state index contributed by atoms with van der Waals surface area (Å²) in [7, 11) is 7.55. The Morgan fingerprint density at radius 1 is 0.484 bits per heavy atom. The zero-order chi connectivity index (χ0) is 88.2. The molecule has 3 fully saturated rings. The monoisotopic (exact) mass is 2000 g/mol. The fourth-order valence-electron chi connectivity index (χ4n) is 13.5. The van der Waals surface area contributed by atoms with E-state index in [2.05, 4.69) is 9.97 Å². The highest BCUT2D eigenvalue weighted by Gasteiger charge is 2.52. The smallest absolute Gasteiger partial charge is 0.415 e. The lowest BCUT2D eigenvalue weighted by Crippen LogP contribution is -3.00. The quantitative estimate of drug-likeness (QED) is 0.0136. The number of rotatable bonds is 20. The highest BCUT2D eigenvalue weighted by molar-refractivity contribution is 6.67. The summed E-state index contributed by atoms with van der Waals surface area (Å²) in [5, 5.41) is 19.3. The molecule has 3 atom stereocenters. The lowest BCUT2D eigenvalue weighted by Gasteiger charge is -2.43. The van der Waals surface area contributed by atoms with Gasteiger partial charge in [-0.1, -0.05) is 151 Å². The van der Waals surface area contributed by atoms with Crippen molar-refractivity contribution in [2.45, 2.75) is 184 Å². The SMILES string of the molecule is C.C.C.C.CN(C(=O)OCCl)C1(c2ccccc2Cl)CCCCC1=O.CN(C(=O)OC[n+]1cccc(C(=O)N(CO)C(=O)C(C)(C)C)c1)C1(c2ccccc2Cl)CCCCC1=O.CN(CC(=O)O)C(=O)c1ccc[n+](COC(=O)N(C)C2(c3ccccc3Cl)CCCCC2=O)c1.CN(CC(=O)OC(C)(C)C)C(=O)c1cccnc1.Cl.O=C(Cl)c1cccnc1.[Cl-].[I-]. The van der Waals surface area contributed by atoms with Crippen LogP contribution in [0.3, 0.4) is 0 Å². The Hall–Kier alpha value is -9.51. The number of amides is 7. The number of aliphatic hydroxyl groups is 1. The van der Waals surface area contributed by atoms with Crippen molar-refractivity contribution in [3.05, 3.63) is 225 Å². The number of aliphatic carboxylic acids is 1. The minimum Gasteiger partial charge on any atom is -1.00 e. The number of aliphatic hydroxyl groups excluding tert-OH is 1. The number of Topliss-reactive ketones (excluding diaryl/α,β-unsaturated/α-hetero) is 3. The summed E-state index contributed by atoms with van der Waals surface area (Å²) in [6.07, 6.45) is 17.3. The van der Waals surface area contributed by atoms with Gasteiger partial charge >= 0.3 is 30.2 Å². The number of carbonyl (C=O) groups is 13. The Kier molecular flexibility index (Phi) is 52.0. The maximum atomic E-state index is 13.2. The van der Waals surface area contributed by atoms with Gasteiger partial charge in [0.15, 0.2) is 48.2 Å². The third kappa shape index (κ3) is 31.8. The normalized spacial score (nSPS) is 15.8. The van der Waals surface area contributed by atoms with Crippen molar-refractivity contribution in [2.75, 3.05) is 61.1 Å². The Bertz CT molecular complexity index is 4790. The summed E-state index contributed by atoms with van der Waals surface area (Å²) in [6, 6.07) is 33.7. The van der Waals surface area contributed by atoms with Gasteiger partial charge in [-0.25, -0.2) is 14.4 Å². The Morgan fingerprint density at radius 2 is 0.825 bits per heavy atom. The molecule has 4 aromatic heterocycles. The Labute approximate surface area is 792 Å². The van der Waals surface area contributed by atoms with Crippen LogP contribution < -0.4 is 45.5 Å². The van der Waals surface area contributed by atoms with E-state index in [4.69, 9.17) is 82.1 Å². The summed E-state index contributed by atoms with van der Waals surface area (Å²) < 4.78 is 23.9. The number of alkyl halides is 1. The zero-order valence-electron chi connectivity index (χ0n) is 69.3. The number of imide groups is 1. The van der Waals surface area contributed by atoms with Gasteiger partial charge in [-0.05, 0) is 145 Å². The second-order valence-electron chi connectivity index (χ2n) is 29.9. The number of hydrogen-bond acceptors (Lipinski definition) is 20. The van der Waals surface area contributed by atoms with Gasteiger partial charge in [-0.15, -0.1) is 12.4 Å². The molecule has 692 valence electrons. The van der Waals surface area contributed by atoms with Gasteiger partial charge in [-0.3, -0.25) is 77.5 Å². The van der Waals surface area contributed by atoms with Crippen LogP contribution in [0, 0.1) is 5.41 Å². The van der Waals surface area contributed by atoms with Crippen LogP contribution in [-0.4, -0.2) is 193 Å². The van der Waals surface area contributed by atoms with Crippen molar-refractivity contribution in [1.29, 1.82) is 0 Å². The van der Waals surface area contributed by atoms with E-state index in [0.29, 0.717) is 81.4 Å². The van der Waals surface area contributed by atoms with Gasteiger partial charge < -0.3 is 75.3 Å². The maximum Gasteiger partial charge on any atom is 0.415 e. The van der Waals surface area contributed by atoms with Gasteiger partial charge in [0.25, 0.3) is 36.4 Å². The van der Waals surface area contributed by atoms with Crippen LogP contribution in [0.5, 0.6) is 0 Å². The first-order valence-corrected chi connectivity index (χ1v) is 39.8. The van der Waals surface area contributed by atoms with Crippen molar-refractivity contribution in [2.24, 2.45) is 5.41 Å². The zero-order valence-corrected chi connectivity index (χ0v) is 76.8. The van der Waals surface area contributed by atoms with E-state index in [1.165, 1.54) is 86.8 Å². The molecule has 2 N–H and O–H groups in total. The average Bonchev–Trinajstić information content (AvgIpc) is 0.761. The van der Waals surface area contributed by atoms with Crippen molar-refractivity contribution < 1.29 is 137 Å². The topological polar surface area (TPSA) is 352 Å². The lowest BCUT2D eigenvalue weighted by atomic mass is 9.74. The molecule has 126 heavy (non-hydrogen) atoms. The summed E-state index contributed by atoms with van der Waals surface area (Å²) in [4.78, 5) is 175. The maximum absolute atomic E-state index is 13.2. The molecular weight excluding hydrogens is 1890 g/mol. The predicted octanol–water partition coefficient (Wildman–Crippen LogP) is 10.4. The third-order valence-electron chi connectivity index (χ3n) is 19.4. The summed E-state index contributed by atoms with van der Waals surface area (Å²) in [5.41, 5.74) is -1.89. The fraction of sp³-hybridized carbons (Fsp3) is 0.427. The number of likely N-dealkylation sites (N-methyl/N-ethyl adjacent to an activating group) is 5. The summed E-state index contributed by atoms with van der Waals surface area (Å²) >= 11 is 29.7. The van der Waals surface area contributed by atoms with Crippen molar-refractivity contribution in [3.63, 3.8) is 0 Å². The Morgan fingerprint density at radius 3 is 1.13 bits per heavy atom. The molecule has 3 saturated carbocycles. The molecular formula is C89H116Cl7IN10O19. The van der Waals surface area contributed by atoms with Crippen LogP contribution in [0.2, 0.25) is 15.1 Å². The largest absolute Gasteiger partial charge is 1.00 e. The van der Waals surface area contributed by atoms with E-state index in [-0.39, 0.29) is 139 Å².